The zero-order valence-electron chi connectivity index (χ0n) is 13.1. The monoisotopic (exact) mass is 330 g/mol. The van der Waals surface area contributed by atoms with Crippen molar-refractivity contribution in [1.29, 1.82) is 0 Å². The Morgan fingerprint density at radius 1 is 1.30 bits per heavy atom. The number of rotatable bonds is 6. The average molecular weight is 330 g/mol. The van der Waals surface area contributed by atoms with Crippen LogP contribution in [-0.2, 0) is 12.3 Å². The quantitative estimate of drug-likeness (QED) is 0.702. The van der Waals surface area contributed by atoms with E-state index in [0.29, 0.717) is 23.3 Å². The lowest BCUT2D eigenvalue weighted by atomic mass is 10.2. The standard InChI is InChI=1S/C16H18N4O2S/c1-3-9-20-15(21)18-19-16(20)23-10-13-11(2)22-14(17-13)12-7-5-4-6-8-12/h4-8H,3,9-10H2,1-2H3,(H,18,21). The zero-order valence-corrected chi connectivity index (χ0v) is 13.9. The molecule has 0 saturated heterocycles. The normalized spacial score (nSPS) is 11.0. The molecular weight excluding hydrogens is 312 g/mol. The van der Waals surface area contributed by atoms with E-state index < -0.39 is 0 Å². The molecule has 0 bridgehead atoms. The summed E-state index contributed by atoms with van der Waals surface area (Å²) < 4.78 is 7.40. The maximum atomic E-state index is 11.7. The number of hydrogen-bond donors (Lipinski definition) is 1. The summed E-state index contributed by atoms with van der Waals surface area (Å²) in [6, 6.07) is 9.80. The van der Waals surface area contributed by atoms with Gasteiger partial charge in [-0.2, -0.15) is 0 Å². The number of nitrogens with zero attached hydrogens (tertiary/aromatic N) is 3. The summed E-state index contributed by atoms with van der Waals surface area (Å²) in [5.41, 5.74) is 1.65. The summed E-state index contributed by atoms with van der Waals surface area (Å²) in [6.45, 7) is 4.59. The third-order valence-corrected chi connectivity index (χ3v) is 4.41. The van der Waals surface area contributed by atoms with E-state index in [2.05, 4.69) is 15.2 Å². The molecule has 0 aliphatic heterocycles. The summed E-state index contributed by atoms with van der Waals surface area (Å²) in [6.07, 6.45) is 0.883. The number of thioether (sulfide) groups is 1. The summed E-state index contributed by atoms with van der Waals surface area (Å²) >= 11 is 1.48. The smallest absolute Gasteiger partial charge is 0.343 e. The number of aromatic amines is 1. The summed E-state index contributed by atoms with van der Waals surface area (Å²) in [7, 11) is 0. The summed E-state index contributed by atoms with van der Waals surface area (Å²) in [5.74, 6) is 2.01. The average Bonchev–Trinajstić information content (AvgIpc) is 3.11. The minimum Gasteiger partial charge on any atom is -0.441 e. The van der Waals surface area contributed by atoms with Crippen molar-refractivity contribution in [2.45, 2.75) is 37.7 Å². The topological polar surface area (TPSA) is 76.7 Å². The Morgan fingerprint density at radius 3 is 2.83 bits per heavy atom. The molecule has 2 heterocycles. The van der Waals surface area contributed by atoms with Gasteiger partial charge in [0, 0.05) is 17.9 Å². The highest BCUT2D eigenvalue weighted by Gasteiger charge is 2.14. The van der Waals surface area contributed by atoms with Crippen LogP contribution in [0.25, 0.3) is 11.5 Å². The Labute approximate surface area is 137 Å². The molecule has 0 unspecified atom stereocenters. The van der Waals surface area contributed by atoms with Gasteiger partial charge >= 0.3 is 5.69 Å². The van der Waals surface area contributed by atoms with Gasteiger partial charge in [0.25, 0.3) is 0 Å². The number of nitrogens with one attached hydrogen (secondary N) is 1. The van der Waals surface area contributed by atoms with Gasteiger partial charge in [-0.3, -0.25) is 4.57 Å². The number of aromatic nitrogens is 4. The SMILES string of the molecule is CCCn1c(SCc2nc(-c3ccccc3)oc2C)n[nH]c1=O. The van der Waals surface area contributed by atoms with Gasteiger partial charge in [0.05, 0.1) is 5.69 Å². The Bertz CT molecular complexity index is 835. The van der Waals surface area contributed by atoms with E-state index in [-0.39, 0.29) is 5.69 Å². The molecule has 23 heavy (non-hydrogen) atoms. The van der Waals surface area contributed by atoms with Crippen LogP contribution in [0.1, 0.15) is 24.8 Å². The first-order valence-electron chi connectivity index (χ1n) is 7.48. The first kappa shape index (κ1) is 15.6. The number of benzene rings is 1. The third kappa shape index (κ3) is 3.39. The van der Waals surface area contributed by atoms with E-state index in [1.807, 2.05) is 44.2 Å². The van der Waals surface area contributed by atoms with Gasteiger partial charge in [-0.15, -0.1) is 5.10 Å². The van der Waals surface area contributed by atoms with E-state index >= 15 is 0 Å². The highest BCUT2D eigenvalue weighted by atomic mass is 32.2. The molecular formula is C16H18N4O2S. The lowest BCUT2D eigenvalue weighted by molar-refractivity contribution is 0.540. The van der Waals surface area contributed by atoms with Gasteiger partial charge in [0.1, 0.15) is 5.76 Å². The minimum absolute atomic E-state index is 0.170. The lowest BCUT2D eigenvalue weighted by Gasteiger charge is -2.02. The molecule has 0 amide bonds. The molecule has 1 N–H and O–H groups in total. The molecule has 0 atom stereocenters. The largest absolute Gasteiger partial charge is 0.441 e. The number of H-pyrrole nitrogens is 1. The maximum Gasteiger partial charge on any atom is 0.343 e. The number of oxazole rings is 1. The van der Waals surface area contributed by atoms with Crippen molar-refractivity contribution in [3.8, 4) is 11.5 Å². The Balaban J connectivity index is 1.77. The van der Waals surface area contributed by atoms with Gasteiger partial charge in [-0.25, -0.2) is 14.9 Å². The Kier molecular flexibility index (Phi) is 4.66. The maximum absolute atomic E-state index is 11.7. The molecule has 0 spiro atoms. The van der Waals surface area contributed by atoms with E-state index in [1.165, 1.54) is 11.8 Å². The molecule has 3 rings (SSSR count). The fraction of sp³-hybridized carbons (Fsp3) is 0.312. The van der Waals surface area contributed by atoms with Crippen molar-refractivity contribution < 1.29 is 4.42 Å². The minimum atomic E-state index is -0.170. The van der Waals surface area contributed by atoms with Crippen molar-refractivity contribution in [3.63, 3.8) is 0 Å². The van der Waals surface area contributed by atoms with Gasteiger partial charge in [0.15, 0.2) is 5.16 Å². The van der Waals surface area contributed by atoms with Gasteiger partial charge in [0.2, 0.25) is 5.89 Å². The molecule has 0 radical (unpaired) electrons. The molecule has 7 heteroatoms. The number of hydrogen-bond acceptors (Lipinski definition) is 5. The highest BCUT2D eigenvalue weighted by molar-refractivity contribution is 7.98. The van der Waals surface area contributed by atoms with Crippen LogP contribution < -0.4 is 5.69 Å². The van der Waals surface area contributed by atoms with Gasteiger partial charge < -0.3 is 4.42 Å². The van der Waals surface area contributed by atoms with Gasteiger partial charge in [-0.05, 0) is 25.5 Å². The van der Waals surface area contributed by atoms with Crippen LogP contribution in [0.5, 0.6) is 0 Å². The number of aryl methyl sites for hydroxylation is 1. The fourth-order valence-corrected chi connectivity index (χ4v) is 3.21. The van der Waals surface area contributed by atoms with Crippen LogP contribution in [0.3, 0.4) is 0 Å². The third-order valence-electron chi connectivity index (χ3n) is 3.42. The Hall–Kier alpha value is -2.28. The predicted molar refractivity (Wildman–Crippen MR) is 89.4 cm³/mol. The second-order valence-corrected chi connectivity index (χ2v) is 6.08. The van der Waals surface area contributed by atoms with Crippen molar-refractivity contribution in [2.75, 3.05) is 0 Å². The first-order chi connectivity index (χ1) is 11.2. The second-order valence-electron chi connectivity index (χ2n) is 5.14. The molecule has 3 aromatic rings. The van der Waals surface area contributed by atoms with Crippen molar-refractivity contribution in [2.24, 2.45) is 0 Å². The molecule has 0 fully saturated rings. The zero-order chi connectivity index (χ0) is 16.2. The van der Waals surface area contributed by atoms with Crippen LogP contribution in [-0.4, -0.2) is 19.7 Å². The van der Waals surface area contributed by atoms with E-state index in [9.17, 15) is 4.79 Å². The first-order valence-corrected chi connectivity index (χ1v) is 8.47. The molecule has 120 valence electrons. The highest BCUT2D eigenvalue weighted by Crippen LogP contribution is 2.26. The molecule has 0 aliphatic carbocycles. The fourth-order valence-electron chi connectivity index (χ4n) is 2.23. The van der Waals surface area contributed by atoms with Crippen molar-refractivity contribution >= 4 is 11.8 Å². The van der Waals surface area contributed by atoms with Gasteiger partial charge in [-0.1, -0.05) is 36.9 Å². The lowest BCUT2D eigenvalue weighted by Crippen LogP contribution is -2.17. The van der Waals surface area contributed by atoms with Crippen LogP contribution >= 0.6 is 11.8 Å². The molecule has 0 aliphatic rings. The summed E-state index contributed by atoms with van der Waals surface area (Å²) in [5, 5.41) is 7.25. The molecule has 1 aromatic carbocycles. The van der Waals surface area contributed by atoms with Crippen LogP contribution in [0.15, 0.2) is 44.7 Å². The second kappa shape index (κ2) is 6.87. The van der Waals surface area contributed by atoms with E-state index in [1.54, 1.807) is 4.57 Å². The van der Waals surface area contributed by atoms with Crippen LogP contribution in [0.4, 0.5) is 0 Å². The summed E-state index contributed by atoms with van der Waals surface area (Å²) in [4.78, 5) is 16.3. The van der Waals surface area contributed by atoms with Crippen LogP contribution in [0.2, 0.25) is 0 Å². The Morgan fingerprint density at radius 2 is 2.09 bits per heavy atom. The molecule has 6 nitrogen and oxygen atoms in total. The molecule has 2 aromatic heterocycles. The molecule has 0 saturated carbocycles. The van der Waals surface area contributed by atoms with E-state index in [0.717, 1.165) is 23.4 Å². The van der Waals surface area contributed by atoms with Crippen molar-refractivity contribution in [3.05, 3.63) is 52.3 Å². The predicted octanol–water partition coefficient (Wildman–Crippen LogP) is 3.24. The van der Waals surface area contributed by atoms with Crippen LogP contribution in [0, 0.1) is 6.92 Å². The van der Waals surface area contributed by atoms with E-state index in [4.69, 9.17) is 4.42 Å². The van der Waals surface area contributed by atoms with Crippen molar-refractivity contribution in [1.82, 2.24) is 19.7 Å².